The van der Waals surface area contributed by atoms with Gasteiger partial charge in [-0.2, -0.15) is 5.10 Å². The standard InChI is InChI=1S/C35H30ClF3N6O6S/c1-18-26(39)10-8-24-30(18)41-33(27(40-35(47)48)16-20-14-21(37)17-22(38)15-20)45(34(24)46)28-11-9-25(36)29-31(28)44(2)42-32(29)43-52(49,50)13-12-19-4-6-23(51-3)7-5-19/h4-11,14-15,17,27,40H,12-13,16H2,1-3H3,(H,42,43)(H,47,48)/t27-/m0/s1. The number of aryl methyl sites for hydroxylation is 3. The lowest BCUT2D eigenvalue weighted by atomic mass is 10.0. The van der Waals surface area contributed by atoms with Crippen LogP contribution in [0.15, 0.2) is 71.5 Å². The predicted octanol–water partition coefficient (Wildman–Crippen LogP) is 6.20. The maximum absolute atomic E-state index is 14.8. The minimum atomic E-state index is -4.01. The van der Waals surface area contributed by atoms with Crippen molar-refractivity contribution in [2.45, 2.75) is 25.8 Å². The number of rotatable bonds is 11. The van der Waals surface area contributed by atoms with Gasteiger partial charge < -0.3 is 15.2 Å². The Hall–Kier alpha value is -5.61. The second kappa shape index (κ2) is 14.2. The number of fused-ring (bicyclic) bond motifs is 2. The number of aromatic nitrogens is 4. The third kappa shape index (κ3) is 7.25. The zero-order valence-electron chi connectivity index (χ0n) is 27.7. The number of carbonyl (C=O) groups is 1. The van der Waals surface area contributed by atoms with E-state index < -0.39 is 45.2 Å². The summed E-state index contributed by atoms with van der Waals surface area (Å²) < 4.78 is 79.8. The van der Waals surface area contributed by atoms with Gasteiger partial charge in [-0.05, 0) is 73.0 Å². The van der Waals surface area contributed by atoms with Crippen LogP contribution in [0, 0.1) is 24.4 Å². The summed E-state index contributed by atoms with van der Waals surface area (Å²) in [5.41, 5.74) is 0.153. The van der Waals surface area contributed by atoms with Gasteiger partial charge in [0, 0.05) is 25.1 Å². The van der Waals surface area contributed by atoms with Crippen molar-refractivity contribution < 1.29 is 36.2 Å². The van der Waals surface area contributed by atoms with Crippen LogP contribution in [0.5, 0.6) is 5.75 Å². The number of nitrogens with one attached hydrogen (secondary N) is 2. The average Bonchev–Trinajstić information content (AvgIpc) is 3.40. The molecule has 52 heavy (non-hydrogen) atoms. The lowest BCUT2D eigenvalue weighted by Gasteiger charge is -2.23. The number of halogens is 4. The number of ether oxygens (including phenoxy) is 1. The Labute approximate surface area is 299 Å². The van der Waals surface area contributed by atoms with Gasteiger partial charge in [0.05, 0.1) is 51.4 Å². The van der Waals surface area contributed by atoms with Crippen molar-refractivity contribution in [1.82, 2.24) is 24.6 Å². The Morgan fingerprint density at radius 3 is 2.37 bits per heavy atom. The molecule has 0 fully saturated rings. The Bertz CT molecular complexity index is 2520. The molecule has 0 unspecified atom stereocenters. The molecule has 4 aromatic carbocycles. The number of carboxylic acid groups (broad SMARTS) is 1. The molecule has 6 rings (SSSR count). The summed E-state index contributed by atoms with van der Waals surface area (Å²) in [6.45, 7) is 1.40. The van der Waals surface area contributed by atoms with Gasteiger partial charge in [0.25, 0.3) is 5.56 Å². The Kier molecular flexibility index (Phi) is 9.88. The first-order chi connectivity index (χ1) is 24.6. The molecule has 0 aliphatic rings. The maximum Gasteiger partial charge on any atom is 0.405 e. The third-order valence-electron chi connectivity index (χ3n) is 8.45. The Balaban J connectivity index is 1.52. The van der Waals surface area contributed by atoms with E-state index in [0.717, 1.165) is 28.3 Å². The number of hydrogen-bond donors (Lipinski definition) is 3. The molecule has 6 aromatic rings. The molecular formula is C35H30ClF3N6O6S. The second-order valence-corrected chi connectivity index (χ2v) is 14.2. The lowest BCUT2D eigenvalue weighted by Crippen LogP contribution is -2.35. The maximum atomic E-state index is 14.8. The molecule has 0 spiro atoms. The highest BCUT2D eigenvalue weighted by atomic mass is 35.5. The summed E-state index contributed by atoms with van der Waals surface area (Å²) in [6, 6.07) is 13.3. The topological polar surface area (TPSA) is 157 Å². The van der Waals surface area contributed by atoms with E-state index in [4.69, 9.17) is 16.3 Å². The van der Waals surface area contributed by atoms with E-state index in [2.05, 4.69) is 20.1 Å². The SMILES string of the molecule is COc1ccc(CCS(=O)(=O)Nc2nn(C)c3c(-n4c([C@H](Cc5cc(F)cc(F)c5)NC(=O)O)nc5c(C)c(F)ccc5c4=O)ccc(Cl)c23)cc1. The van der Waals surface area contributed by atoms with Gasteiger partial charge in [0.15, 0.2) is 5.82 Å². The zero-order chi connectivity index (χ0) is 37.5. The average molecular weight is 755 g/mol. The molecule has 0 radical (unpaired) electrons. The van der Waals surface area contributed by atoms with Crippen LogP contribution in [-0.4, -0.2) is 51.8 Å². The molecule has 3 N–H and O–H groups in total. The smallest absolute Gasteiger partial charge is 0.405 e. The monoisotopic (exact) mass is 754 g/mol. The third-order valence-corrected chi connectivity index (χ3v) is 10.0. The lowest BCUT2D eigenvalue weighted by molar-refractivity contribution is 0.189. The van der Waals surface area contributed by atoms with Crippen LogP contribution in [0.1, 0.15) is 28.6 Å². The molecule has 2 aromatic heterocycles. The number of sulfonamides is 1. The zero-order valence-corrected chi connectivity index (χ0v) is 29.3. The highest BCUT2D eigenvalue weighted by Gasteiger charge is 2.28. The van der Waals surface area contributed by atoms with Crippen molar-refractivity contribution in [2.24, 2.45) is 7.05 Å². The minimum Gasteiger partial charge on any atom is -0.497 e. The molecule has 1 atom stereocenters. The van der Waals surface area contributed by atoms with Crippen molar-refractivity contribution in [3.05, 3.63) is 122 Å². The molecule has 1 amide bonds. The van der Waals surface area contributed by atoms with Crippen molar-refractivity contribution in [2.75, 3.05) is 17.6 Å². The molecule has 17 heteroatoms. The highest BCUT2D eigenvalue weighted by molar-refractivity contribution is 7.92. The van der Waals surface area contributed by atoms with Crippen molar-refractivity contribution in [3.8, 4) is 11.4 Å². The largest absolute Gasteiger partial charge is 0.497 e. The van der Waals surface area contributed by atoms with Crippen molar-refractivity contribution in [1.29, 1.82) is 0 Å². The van der Waals surface area contributed by atoms with Crippen LogP contribution in [-0.2, 0) is 29.9 Å². The van der Waals surface area contributed by atoms with Gasteiger partial charge >= 0.3 is 6.09 Å². The van der Waals surface area contributed by atoms with Crippen LogP contribution in [0.4, 0.5) is 23.8 Å². The normalized spacial score (nSPS) is 12.3. The van der Waals surface area contributed by atoms with Gasteiger partial charge in [-0.3, -0.25) is 18.8 Å². The molecule has 0 saturated carbocycles. The number of hydrogen-bond acceptors (Lipinski definition) is 7. The predicted molar refractivity (Wildman–Crippen MR) is 189 cm³/mol. The summed E-state index contributed by atoms with van der Waals surface area (Å²) in [7, 11) is -1.01. The summed E-state index contributed by atoms with van der Waals surface area (Å²) in [5.74, 6) is -2.61. The van der Waals surface area contributed by atoms with E-state index in [-0.39, 0.29) is 73.9 Å². The summed E-state index contributed by atoms with van der Waals surface area (Å²) >= 11 is 6.64. The fraction of sp³-hybridized carbons (Fsp3) is 0.200. The van der Waals surface area contributed by atoms with Crippen LogP contribution < -0.4 is 20.3 Å². The molecule has 0 aliphatic heterocycles. The number of benzene rings is 4. The Morgan fingerprint density at radius 1 is 1.02 bits per heavy atom. The van der Waals surface area contributed by atoms with E-state index in [1.165, 1.54) is 44.0 Å². The van der Waals surface area contributed by atoms with Crippen LogP contribution in [0.2, 0.25) is 5.02 Å². The fourth-order valence-corrected chi connectivity index (χ4v) is 7.31. The van der Waals surface area contributed by atoms with Crippen LogP contribution >= 0.6 is 11.6 Å². The van der Waals surface area contributed by atoms with Gasteiger partial charge in [0.2, 0.25) is 10.0 Å². The first-order valence-corrected chi connectivity index (χ1v) is 17.6. The molecule has 0 saturated heterocycles. The molecule has 0 aliphatic carbocycles. The molecule has 270 valence electrons. The summed E-state index contributed by atoms with van der Waals surface area (Å²) in [5, 5.41) is 16.6. The number of nitrogens with zero attached hydrogens (tertiary/aromatic N) is 4. The van der Waals surface area contributed by atoms with Crippen LogP contribution in [0.25, 0.3) is 27.5 Å². The summed E-state index contributed by atoms with van der Waals surface area (Å²) in [6.07, 6.45) is -1.77. The first kappa shape index (κ1) is 36.2. The Morgan fingerprint density at radius 2 is 1.71 bits per heavy atom. The minimum absolute atomic E-state index is 0.00185. The van der Waals surface area contributed by atoms with E-state index in [1.807, 2.05) is 0 Å². The van der Waals surface area contributed by atoms with E-state index in [0.29, 0.717) is 11.8 Å². The highest BCUT2D eigenvalue weighted by Crippen LogP contribution is 2.36. The number of anilines is 1. The van der Waals surface area contributed by atoms with E-state index in [9.17, 15) is 36.3 Å². The second-order valence-electron chi connectivity index (χ2n) is 11.9. The molecule has 2 heterocycles. The molecule has 0 bridgehead atoms. The quantitative estimate of drug-likeness (QED) is 0.141. The van der Waals surface area contributed by atoms with Crippen molar-refractivity contribution >= 4 is 55.3 Å². The van der Waals surface area contributed by atoms with Crippen molar-refractivity contribution in [3.63, 3.8) is 0 Å². The first-order valence-electron chi connectivity index (χ1n) is 15.6. The number of methoxy groups -OCH3 is 1. The van der Waals surface area contributed by atoms with Gasteiger partial charge in [0.1, 0.15) is 29.0 Å². The van der Waals surface area contributed by atoms with Gasteiger partial charge in [-0.25, -0.2) is 31.4 Å². The van der Waals surface area contributed by atoms with E-state index >= 15 is 0 Å². The molecule has 12 nitrogen and oxygen atoms in total. The fourth-order valence-electron chi connectivity index (χ4n) is 6.02. The van der Waals surface area contributed by atoms with Gasteiger partial charge in [-0.15, -0.1) is 0 Å². The molecular weight excluding hydrogens is 725 g/mol. The van der Waals surface area contributed by atoms with Crippen LogP contribution in [0.3, 0.4) is 0 Å². The van der Waals surface area contributed by atoms with Gasteiger partial charge in [-0.1, -0.05) is 23.7 Å². The summed E-state index contributed by atoms with van der Waals surface area (Å²) in [4.78, 5) is 31.1. The van der Waals surface area contributed by atoms with E-state index in [1.54, 1.807) is 24.3 Å². The number of amides is 1.